The molecule has 4 aromatic rings. The fourth-order valence-corrected chi connectivity index (χ4v) is 5.90. The molecule has 0 amide bonds. The zero-order valence-electron chi connectivity index (χ0n) is 19.6. The summed E-state index contributed by atoms with van der Waals surface area (Å²) < 4.78 is 2.62. The molecule has 2 unspecified atom stereocenters. The molecular formula is C29H33Cl2N3. The van der Waals surface area contributed by atoms with Crippen LogP contribution in [0.15, 0.2) is 78.9 Å². The van der Waals surface area contributed by atoms with Crippen molar-refractivity contribution in [1.29, 1.82) is 0 Å². The monoisotopic (exact) mass is 493 g/mol. The molecule has 0 spiro atoms. The first kappa shape index (κ1) is 24.7. The van der Waals surface area contributed by atoms with Crippen molar-refractivity contribution in [3.63, 3.8) is 0 Å². The predicted octanol–water partition coefficient (Wildman–Crippen LogP) is 7.02. The van der Waals surface area contributed by atoms with Crippen molar-refractivity contribution in [3.8, 4) is 0 Å². The van der Waals surface area contributed by atoms with E-state index in [1.54, 1.807) is 11.3 Å². The van der Waals surface area contributed by atoms with E-state index in [0.717, 1.165) is 19.4 Å². The lowest BCUT2D eigenvalue weighted by Gasteiger charge is -2.43. The van der Waals surface area contributed by atoms with Gasteiger partial charge < -0.3 is 9.88 Å². The van der Waals surface area contributed by atoms with Crippen molar-refractivity contribution in [2.24, 2.45) is 0 Å². The largest absolute Gasteiger partial charge is 0.382 e. The molecule has 3 aromatic carbocycles. The fraction of sp³-hybridized carbons (Fsp3) is 0.310. The number of piperidine rings is 1. The van der Waals surface area contributed by atoms with Crippen LogP contribution in [0, 0.1) is 6.92 Å². The van der Waals surface area contributed by atoms with Gasteiger partial charge in [-0.05, 0) is 61.1 Å². The second kappa shape index (κ2) is 10.4. The van der Waals surface area contributed by atoms with Crippen LogP contribution in [0.4, 0.5) is 5.69 Å². The standard InChI is InChI=1S/C29H31N3.2ClH/c1-21-8-7-11-23(18-21)30-24-14-16-31-17-15-26-25-12-5-6-13-27(25)32(29(26)28(31)19-24)20-22-9-3-2-4-10-22;;/h2-13,18,24,28,30H,14-17,19-20H2,1H3;2*1H. The molecule has 178 valence electrons. The molecule has 1 fully saturated rings. The van der Waals surface area contributed by atoms with Crippen molar-refractivity contribution >= 4 is 41.4 Å². The van der Waals surface area contributed by atoms with Crippen LogP contribution < -0.4 is 5.32 Å². The summed E-state index contributed by atoms with van der Waals surface area (Å²) in [7, 11) is 0. The van der Waals surface area contributed by atoms with Gasteiger partial charge in [0.1, 0.15) is 0 Å². The maximum atomic E-state index is 3.85. The lowest BCUT2D eigenvalue weighted by atomic mass is 9.88. The third-order valence-corrected chi connectivity index (χ3v) is 7.37. The molecular weight excluding hydrogens is 461 g/mol. The summed E-state index contributed by atoms with van der Waals surface area (Å²) >= 11 is 0. The Labute approximate surface area is 215 Å². The van der Waals surface area contributed by atoms with Gasteiger partial charge >= 0.3 is 0 Å². The van der Waals surface area contributed by atoms with Crippen LogP contribution in [0.2, 0.25) is 0 Å². The van der Waals surface area contributed by atoms with Crippen molar-refractivity contribution < 1.29 is 0 Å². The van der Waals surface area contributed by atoms with E-state index in [1.165, 1.54) is 47.2 Å². The number of rotatable bonds is 4. The Morgan fingerprint density at radius 1 is 0.882 bits per heavy atom. The van der Waals surface area contributed by atoms with Crippen molar-refractivity contribution in [2.45, 2.75) is 44.8 Å². The number of para-hydroxylation sites is 1. The Bertz CT molecular complexity index is 1250. The number of halogens is 2. The molecule has 0 bridgehead atoms. The summed E-state index contributed by atoms with van der Waals surface area (Å²) in [6.45, 7) is 5.45. The van der Waals surface area contributed by atoms with E-state index >= 15 is 0 Å². The van der Waals surface area contributed by atoms with Gasteiger partial charge in [-0.25, -0.2) is 0 Å². The molecule has 0 aliphatic carbocycles. The summed E-state index contributed by atoms with van der Waals surface area (Å²) in [5.41, 5.74) is 8.46. The molecule has 1 saturated heterocycles. The Balaban J connectivity index is 0.00000137. The van der Waals surface area contributed by atoms with Gasteiger partial charge in [0.15, 0.2) is 0 Å². The second-order valence-electron chi connectivity index (χ2n) is 9.49. The Hall–Kier alpha value is -2.46. The number of aryl methyl sites for hydroxylation is 1. The molecule has 2 aliphatic heterocycles. The first-order valence-corrected chi connectivity index (χ1v) is 12.0. The lowest BCUT2D eigenvalue weighted by molar-refractivity contribution is 0.125. The molecule has 2 atom stereocenters. The number of nitrogens with one attached hydrogen (secondary N) is 1. The van der Waals surface area contributed by atoms with Crippen molar-refractivity contribution in [1.82, 2.24) is 9.47 Å². The van der Waals surface area contributed by atoms with E-state index in [2.05, 4.69) is 101 Å². The number of nitrogens with zero attached hydrogens (tertiary/aromatic N) is 2. The van der Waals surface area contributed by atoms with Crippen molar-refractivity contribution in [2.75, 3.05) is 18.4 Å². The summed E-state index contributed by atoms with van der Waals surface area (Å²) in [6.07, 6.45) is 3.52. The molecule has 3 heterocycles. The number of anilines is 1. The average molecular weight is 495 g/mol. The van der Waals surface area contributed by atoms with Gasteiger partial charge in [-0.15, -0.1) is 24.8 Å². The first-order chi connectivity index (χ1) is 15.8. The van der Waals surface area contributed by atoms with Gasteiger partial charge in [-0.1, -0.05) is 60.7 Å². The van der Waals surface area contributed by atoms with Gasteiger partial charge in [0.2, 0.25) is 0 Å². The van der Waals surface area contributed by atoms with Gasteiger partial charge in [-0.3, -0.25) is 4.90 Å². The van der Waals surface area contributed by atoms with E-state index in [1.807, 2.05) is 0 Å². The minimum atomic E-state index is 0. The van der Waals surface area contributed by atoms with Crippen LogP contribution in [0.3, 0.4) is 0 Å². The SMILES string of the molecule is Cc1cccc(NC2CCN3CCc4c(n(Cc5ccccc5)c5ccccc45)C3C2)c1.Cl.Cl. The van der Waals surface area contributed by atoms with Crippen LogP contribution in [-0.4, -0.2) is 28.6 Å². The van der Waals surface area contributed by atoms with Crippen LogP contribution in [0.25, 0.3) is 10.9 Å². The molecule has 34 heavy (non-hydrogen) atoms. The molecule has 1 N–H and O–H groups in total. The van der Waals surface area contributed by atoms with E-state index in [4.69, 9.17) is 0 Å². The zero-order chi connectivity index (χ0) is 21.5. The normalized spacial score (nSPS) is 19.4. The second-order valence-corrected chi connectivity index (χ2v) is 9.49. The Kier molecular flexibility index (Phi) is 7.57. The molecule has 6 rings (SSSR count). The molecule has 3 nitrogen and oxygen atoms in total. The van der Waals surface area contributed by atoms with E-state index in [0.29, 0.717) is 12.1 Å². The predicted molar refractivity (Wildman–Crippen MR) is 148 cm³/mol. The third kappa shape index (κ3) is 4.57. The van der Waals surface area contributed by atoms with E-state index < -0.39 is 0 Å². The lowest BCUT2D eigenvalue weighted by Crippen LogP contribution is -2.45. The molecule has 5 heteroatoms. The molecule has 0 radical (unpaired) electrons. The Morgan fingerprint density at radius 2 is 1.68 bits per heavy atom. The van der Waals surface area contributed by atoms with Gasteiger partial charge in [0.05, 0.1) is 6.04 Å². The molecule has 0 saturated carbocycles. The zero-order valence-corrected chi connectivity index (χ0v) is 21.2. The molecule has 1 aromatic heterocycles. The highest BCUT2D eigenvalue weighted by atomic mass is 35.5. The highest BCUT2D eigenvalue weighted by Crippen LogP contribution is 2.42. The quantitative estimate of drug-likeness (QED) is 0.329. The summed E-state index contributed by atoms with van der Waals surface area (Å²) in [5, 5.41) is 5.30. The van der Waals surface area contributed by atoms with Gasteiger partial charge in [0.25, 0.3) is 0 Å². The minimum absolute atomic E-state index is 0. The minimum Gasteiger partial charge on any atom is -0.382 e. The number of aromatic nitrogens is 1. The van der Waals surface area contributed by atoms with Crippen LogP contribution in [0.5, 0.6) is 0 Å². The first-order valence-electron chi connectivity index (χ1n) is 12.0. The fourth-order valence-electron chi connectivity index (χ4n) is 5.90. The number of hydrogen-bond donors (Lipinski definition) is 1. The van der Waals surface area contributed by atoms with Crippen molar-refractivity contribution in [3.05, 3.63) is 101 Å². The summed E-state index contributed by atoms with van der Waals surface area (Å²) in [4.78, 5) is 2.73. The highest BCUT2D eigenvalue weighted by molar-refractivity contribution is 5.86. The number of hydrogen-bond acceptors (Lipinski definition) is 2. The smallest absolute Gasteiger partial charge is 0.0523 e. The average Bonchev–Trinajstić information content (AvgIpc) is 3.14. The van der Waals surface area contributed by atoms with Gasteiger partial charge in [-0.2, -0.15) is 0 Å². The van der Waals surface area contributed by atoms with Crippen LogP contribution in [0.1, 0.15) is 41.3 Å². The van der Waals surface area contributed by atoms with Crippen LogP contribution >= 0.6 is 24.8 Å². The van der Waals surface area contributed by atoms with E-state index in [9.17, 15) is 0 Å². The highest BCUT2D eigenvalue weighted by Gasteiger charge is 2.37. The molecule has 2 aliphatic rings. The topological polar surface area (TPSA) is 20.2 Å². The number of fused-ring (bicyclic) bond motifs is 5. The maximum absolute atomic E-state index is 3.85. The van der Waals surface area contributed by atoms with E-state index in [-0.39, 0.29) is 24.8 Å². The third-order valence-electron chi connectivity index (χ3n) is 7.37. The van der Waals surface area contributed by atoms with Crippen LogP contribution in [-0.2, 0) is 13.0 Å². The summed E-state index contributed by atoms with van der Waals surface area (Å²) in [6, 6.07) is 29.7. The van der Waals surface area contributed by atoms with Gasteiger partial charge in [0, 0.05) is 48.0 Å². The Morgan fingerprint density at radius 3 is 2.50 bits per heavy atom. The number of benzene rings is 3. The summed E-state index contributed by atoms with van der Waals surface area (Å²) in [5.74, 6) is 0. The maximum Gasteiger partial charge on any atom is 0.0523 e.